The first kappa shape index (κ1) is 16.9. The number of esters is 3. The van der Waals surface area contributed by atoms with Crippen molar-refractivity contribution in [1.29, 1.82) is 0 Å². The molecule has 0 aromatic carbocycles. The molecule has 0 N–H and O–H groups in total. The van der Waals surface area contributed by atoms with Gasteiger partial charge in [-0.05, 0) is 0 Å². The molecular formula is C13H14O10S. The molecule has 0 radical (unpaired) electrons. The van der Waals surface area contributed by atoms with Crippen LogP contribution in [0.15, 0.2) is 12.7 Å². The molecule has 3 rings (SSSR count). The van der Waals surface area contributed by atoms with Crippen molar-refractivity contribution < 1.29 is 45.9 Å². The van der Waals surface area contributed by atoms with Crippen molar-refractivity contribution in [1.82, 2.24) is 0 Å². The van der Waals surface area contributed by atoms with E-state index in [0.29, 0.717) is 0 Å². The second kappa shape index (κ2) is 5.83. The fourth-order valence-corrected chi connectivity index (χ4v) is 5.07. The summed E-state index contributed by atoms with van der Waals surface area (Å²) < 4.78 is 48.8. The predicted molar refractivity (Wildman–Crippen MR) is 72.8 cm³/mol. The first-order valence-electron chi connectivity index (χ1n) is 6.94. The van der Waals surface area contributed by atoms with Gasteiger partial charge >= 0.3 is 17.9 Å². The van der Waals surface area contributed by atoms with E-state index in [1.54, 1.807) is 0 Å². The van der Waals surface area contributed by atoms with Crippen molar-refractivity contribution in [2.75, 3.05) is 13.7 Å². The smallest absolute Gasteiger partial charge is 0.344 e. The lowest BCUT2D eigenvalue weighted by Crippen LogP contribution is -2.50. The minimum atomic E-state index is -4.05. The van der Waals surface area contributed by atoms with Crippen molar-refractivity contribution in [2.45, 2.75) is 29.7 Å². The Balaban J connectivity index is 1.76. The SMILES string of the molecule is C=CC(=O)OCC(=O)OC1C2OS(=O)(=O)C3C2OC1C3C(=O)OC. The summed E-state index contributed by atoms with van der Waals surface area (Å²) in [4.78, 5) is 34.6. The molecule has 11 heteroatoms. The van der Waals surface area contributed by atoms with E-state index >= 15 is 0 Å². The molecule has 0 aromatic rings. The van der Waals surface area contributed by atoms with Gasteiger partial charge in [0, 0.05) is 6.08 Å². The van der Waals surface area contributed by atoms with Gasteiger partial charge in [-0.25, -0.2) is 9.59 Å². The van der Waals surface area contributed by atoms with Gasteiger partial charge in [-0.2, -0.15) is 8.42 Å². The second-order valence-corrected chi connectivity index (χ2v) is 7.12. The highest BCUT2D eigenvalue weighted by Crippen LogP contribution is 2.51. The van der Waals surface area contributed by atoms with Gasteiger partial charge in [-0.1, -0.05) is 6.58 Å². The molecule has 24 heavy (non-hydrogen) atoms. The van der Waals surface area contributed by atoms with E-state index in [2.05, 4.69) is 16.1 Å². The van der Waals surface area contributed by atoms with E-state index in [1.807, 2.05) is 0 Å². The van der Waals surface area contributed by atoms with E-state index in [-0.39, 0.29) is 0 Å². The Hall–Kier alpha value is -1.98. The summed E-state index contributed by atoms with van der Waals surface area (Å²) in [6.45, 7) is 2.48. The molecule has 0 aliphatic carbocycles. The molecule has 2 bridgehead atoms. The van der Waals surface area contributed by atoms with Crippen LogP contribution in [0.1, 0.15) is 0 Å². The summed E-state index contributed by atoms with van der Waals surface area (Å²) in [5.74, 6) is -3.70. The largest absolute Gasteiger partial charge is 0.469 e. The third kappa shape index (κ3) is 2.48. The normalized spacial score (nSPS) is 37.7. The van der Waals surface area contributed by atoms with Gasteiger partial charge < -0.3 is 18.9 Å². The maximum absolute atomic E-state index is 12.1. The molecule has 0 spiro atoms. The molecule has 3 aliphatic rings. The number of carbonyl (C=O) groups is 3. The summed E-state index contributed by atoms with van der Waals surface area (Å²) in [7, 11) is -2.93. The van der Waals surface area contributed by atoms with Gasteiger partial charge in [0.05, 0.1) is 7.11 Å². The Morgan fingerprint density at radius 2 is 1.92 bits per heavy atom. The van der Waals surface area contributed by atoms with E-state index < -0.39 is 70.2 Å². The Morgan fingerprint density at radius 1 is 1.21 bits per heavy atom. The Morgan fingerprint density at radius 3 is 2.54 bits per heavy atom. The Labute approximate surface area is 136 Å². The van der Waals surface area contributed by atoms with Crippen LogP contribution in [-0.4, -0.2) is 69.7 Å². The maximum atomic E-state index is 12.1. The van der Waals surface area contributed by atoms with Gasteiger partial charge in [0.1, 0.15) is 29.5 Å². The minimum Gasteiger partial charge on any atom is -0.469 e. The highest BCUT2D eigenvalue weighted by molar-refractivity contribution is 7.87. The fraction of sp³-hybridized carbons (Fsp3) is 0.615. The number of fused-ring (bicyclic) bond motifs is 1. The topological polar surface area (TPSA) is 132 Å². The Bertz CT molecular complexity index is 698. The van der Waals surface area contributed by atoms with Crippen LogP contribution in [0, 0.1) is 5.92 Å². The molecule has 0 saturated carbocycles. The van der Waals surface area contributed by atoms with Crippen LogP contribution in [0.5, 0.6) is 0 Å². The third-order valence-corrected chi connectivity index (χ3v) is 5.85. The summed E-state index contributed by atoms with van der Waals surface area (Å²) >= 11 is 0. The number of hydrogen-bond donors (Lipinski definition) is 0. The predicted octanol–water partition coefficient (Wildman–Crippen LogP) is -1.71. The van der Waals surface area contributed by atoms with Gasteiger partial charge in [-0.15, -0.1) is 0 Å². The highest BCUT2D eigenvalue weighted by Gasteiger charge is 2.73. The maximum Gasteiger partial charge on any atom is 0.344 e. The zero-order valence-corrected chi connectivity index (χ0v) is 13.3. The van der Waals surface area contributed by atoms with Gasteiger partial charge in [0.15, 0.2) is 12.7 Å². The third-order valence-electron chi connectivity index (χ3n) is 4.14. The monoisotopic (exact) mass is 362 g/mol. The van der Waals surface area contributed by atoms with Crippen LogP contribution in [0.25, 0.3) is 0 Å². The molecule has 132 valence electrons. The first-order valence-corrected chi connectivity index (χ1v) is 8.41. The van der Waals surface area contributed by atoms with Gasteiger partial charge in [0.2, 0.25) is 0 Å². The molecule has 0 amide bonds. The molecule has 3 heterocycles. The molecule has 0 aromatic heterocycles. The first-order chi connectivity index (χ1) is 11.3. The summed E-state index contributed by atoms with van der Waals surface area (Å²) in [5.41, 5.74) is 0. The van der Waals surface area contributed by atoms with Gasteiger partial charge in [0.25, 0.3) is 10.1 Å². The molecule has 3 saturated heterocycles. The van der Waals surface area contributed by atoms with E-state index in [9.17, 15) is 22.8 Å². The number of rotatable bonds is 5. The zero-order chi connectivity index (χ0) is 17.6. The zero-order valence-electron chi connectivity index (χ0n) is 12.4. The van der Waals surface area contributed by atoms with Crippen LogP contribution < -0.4 is 0 Å². The lowest BCUT2D eigenvalue weighted by molar-refractivity contribution is -0.167. The van der Waals surface area contributed by atoms with Crippen LogP contribution in [-0.2, 0) is 47.6 Å². The summed E-state index contributed by atoms with van der Waals surface area (Å²) in [5, 5.41) is -1.19. The van der Waals surface area contributed by atoms with Gasteiger partial charge in [-0.3, -0.25) is 8.98 Å². The van der Waals surface area contributed by atoms with Crippen molar-refractivity contribution in [3.63, 3.8) is 0 Å². The Kier molecular flexibility index (Phi) is 4.10. The number of methoxy groups -OCH3 is 1. The average molecular weight is 362 g/mol. The molecule has 3 aliphatic heterocycles. The molecule has 6 unspecified atom stereocenters. The van der Waals surface area contributed by atoms with Crippen molar-refractivity contribution in [3.8, 4) is 0 Å². The number of ether oxygens (including phenoxy) is 4. The molecular weight excluding hydrogens is 348 g/mol. The summed E-state index contributed by atoms with van der Waals surface area (Å²) in [6, 6.07) is 0. The fourth-order valence-electron chi connectivity index (χ4n) is 3.24. The number of hydrogen-bond acceptors (Lipinski definition) is 10. The molecule has 3 fully saturated rings. The van der Waals surface area contributed by atoms with Crippen molar-refractivity contribution in [2.24, 2.45) is 5.92 Å². The quantitative estimate of drug-likeness (QED) is 0.241. The summed E-state index contributed by atoms with van der Waals surface area (Å²) in [6.07, 6.45) is -3.21. The van der Waals surface area contributed by atoms with Crippen molar-refractivity contribution in [3.05, 3.63) is 12.7 Å². The minimum absolute atomic E-state index is 0.690. The van der Waals surface area contributed by atoms with E-state index in [1.165, 1.54) is 0 Å². The van der Waals surface area contributed by atoms with Crippen LogP contribution in [0.3, 0.4) is 0 Å². The second-order valence-electron chi connectivity index (χ2n) is 5.40. The van der Waals surface area contributed by atoms with E-state index in [0.717, 1.165) is 13.2 Å². The average Bonchev–Trinajstić information content (AvgIpc) is 3.14. The lowest BCUT2D eigenvalue weighted by Gasteiger charge is -2.26. The highest BCUT2D eigenvalue weighted by atomic mass is 32.2. The van der Waals surface area contributed by atoms with Crippen LogP contribution >= 0.6 is 0 Å². The van der Waals surface area contributed by atoms with Crippen LogP contribution in [0.2, 0.25) is 0 Å². The van der Waals surface area contributed by atoms with E-state index in [4.69, 9.17) is 13.7 Å². The lowest BCUT2D eigenvalue weighted by atomic mass is 9.85. The molecule has 6 atom stereocenters. The standard InChI is InChI=1S/C13H14O10S/c1-3-5(14)20-4-6(15)21-9-8-7(13(16)19-2)12-11(22-8)10(9)23-24(12,17)18/h3,7-12H,1,4H2,2H3. The number of carbonyl (C=O) groups excluding carboxylic acids is 3. The van der Waals surface area contributed by atoms with Crippen molar-refractivity contribution >= 4 is 28.0 Å². The molecule has 10 nitrogen and oxygen atoms in total. The van der Waals surface area contributed by atoms with Crippen LogP contribution in [0.4, 0.5) is 0 Å².